The number of alkyl carbamates (subject to hydrolysis) is 1. The van der Waals surface area contributed by atoms with Crippen LogP contribution in [-0.4, -0.2) is 24.5 Å². The maximum atomic E-state index is 12.0. The zero-order valence-electron chi connectivity index (χ0n) is 13.1. The van der Waals surface area contributed by atoms with Crippen LogP contribution < -0.4 is 5.32 Å². The number of diazo groups is 1. The number of ether oxygens (including phenoxy) is 1. The molecule has 0 bridgehead atoms. The van der Waals surface area contributed by atoms with Gasteiger partial charge < -0.3 is 10.1 Å². The van der Waals surface area contributed by atoms with Crippen molar-refractivity contribution in [3.63, 3.8) is 0 Å². The Bertz CT molecular complexity index is 711. The summed E-state index contributed by atoms with van der Waals surface area (Å²) < 4.78 is 5.13. The van der Waals surface area contributed by atoms with Gasteiger partial charge in [-0.3, -0.25) is 4.79 Å². The third-order valence-electron chi connectivity index (χ3n) is 3.40. The fourth-order valence-electron chi connectivity index (χ4n) is 2.18. The van der Waals surface area contributed by atoms with Gasteiger partial charge >= 0.3 is 12.6 Å². The molecule has 0 saturated heterocycles. The number of carbonyl (C=O) groups is 2. The second kappa shape index (κ2) is 9.06. The monoisotopic (exact) mass is 324 g/mol. The normalized spacial score (nSPS) is 11.1. The molecule has 0 aliphatic heterocycles. The Morgan fingerprint density at radius 2 is 1.58 bits per heavy atom. The van der Waals surface area contributed by atoms with Crippen molar-refractivity contribution in [2.24, 2.45) is 0 Å². The maximum Gasteiger partial charge on any atom is 0.408 e. The Balaban J connectivity index is 1.95. The molecule has 0 aromatic heterocycles. The van der Waals surface area contributed by atoms with Gasteiger partial charge in [-0.15, -0.1) is 0 Å². The minimum absolute atomic E-state index is 0.114. The molecule has 2 rings (SSSR count). The second-order valence-corrected chi connectivity index (χ2v) is 5.21. The van der Waals surface area contributed by atoms with Crippen LogP contribution in [0, 0.1) is 5.39 Å². The van der Waals surface area contributed by atoms with Gasteiger partial charge in [0.05, 0.1) is 0 Å². The third kappa shape index (κ3) is 5.54. The number of amides is 1. The minimum atomic E-state index is -0.813. The van der Waals surface area contributed by atoms with E-state index >= 15 is 0 Å². The molecule has 6 heteroatoms. The lowest BCUT2D eigenvalue weighted by molar-refractivity contribution is -0.119. The number of carbonyl (C=O) groups excluding carboxylic acids is 2. The van der Waals surface area contributed by atoms with Crippen molar-refractivity contribution < 1.29 is 14.3 Å². The number of nitrogens with zero attached hydrogens (tertiary/aromatic N) is 2. The van der Waals surface area contributed by atoms with Crippen LogP contribution in [-0.2, 0) is 22.6 Å². The molecule has 122 valence electrons. The van der Waals surface area contributed by atoms with Crippen LogP contribution in [0.1, 0.15) is 11.1 Å². The van der Waals surface area contributed by atoms with Gasteiger partial charge in [0, 0.05) is 6.42 Å². The number of hydrogen-bond acceptors (Lipinski definition) is 4. The predicted molar refractivity (Wildman–Crippen MR) is 88.7 cm³/mol. The third-order valence-corrected chi connectivity index (χ3v) is 3.40. The van der Waals surface area contributed by atoms with E-state index in [1.165, 1.54) is 0 Å². The quantitative estimate of drug-likeness (QED) is 0.794. The molecule has 0 fully saturated rings. The Labute approximate surface area is 140 Å². The van der Waals surface area contributed by atoms with Gasteiger partial charge in [-0.05, 0) is 11.1 Å². The topological polar surface area (TPSA) is 83.5 Å². The summed E-state index contributed by atoms with van der Waals surface area (Å²) in [4.78, 5) is 26.8. The zero-order chi connectivity index (χ0) is 17.2. The SMILES string of the molecule is N#[N+]CC(=O)C(Cc1ccccc1)NC(=O)OCc1ccccc1. The largest absolute Gasteiger partial charge is 0.445 e. The van der Waals surface area contributed by atoms with Crippen LogP contribution in [0.25, 0.3) is 4.98 Å². The van der Waals surface area contributed by atoms with Crippen molar-refractivity contribution in [3.05, 3.63) is 76.8 Å². The first-order chi connectivity index (χ1) is 11.7. The van der Waals surface area contributed by atoms with Gasteiger partial charge in [0.25, 0.3) is 0 Å². The summed E-state index contributed by atoms with van der Waals surface area (Å²) in [6.07, 6.45) is -0.388. The molecule has 6 nitrogen and oxygen atoms in total. The number of rotatable bonds is 7. The molecule has 2 aromatic rings. The minimum Gasteiger partial charge on any atom is -0.445 e. The van der Waals surface area contributed by atoms with Crippen molar-refractivity contribution in [2.45, 2.75) is 19.1 Å². The van der Waals surface area contributed by atoms with E-state index in [1.54, 1.807) is 0 Å². The number of benzene rings is 2. The molecular weight excluding hydrogens is 306 g/mol. The number of ketones is 1. The van der Waals surface area contributed by atoms with Gasteiger partial charge in [-0.25, -0.2) is 4.79 Å². The summed E-state index contributed by atoms with van der Waals surface area (Å²) in [6.45, 7) is -0.264. The van der Waals surface area contributed by atoms with Crippen LogP contribution in [0.2, 0.25) is 0 Å². The van der Waals surface area contributed by atoms with Crippen LogP contribution in [0.15, 0.2) is 60.7 Å². The second-order valence-electron chi connectivity index (χ2n) is 5.21. The van der Waals surface area contributed by atoms with E-state index in [9.17, 15) is 9.59 Å². The first-order valence-electron chi connectivity index (χ1n) is 7.53. The van der Waals surface area contributed by atoms with Gasteiger partial charge in [0.1, 0.15) is 17.6 Å². The van der Waals surface area contributed by atoms with Crippen LogP contribution >= 0.6 is 0 Å². The number of hydrogen-bond donors (Lipinski definition) is 1. The van der Waals surface area contributed by atoms with Gasteiger partial charge in [-0.1, -0.05) is 60.7 Å². The molecule has 1 unspecified atom stereocenters. The summed E-state index contributed by atoms with van der Waals surface area (Å²) in [7, 11) is 0. The van der Waals surface area contributed by atoms with E-state index in [0.29, 0.717) is 6.42 Å². The molecule has 1 atom stereocenters. The standard InChI is InChI=1S/C18H17N3O3/c19-20-12-17(22)16(11-14-7-3-1-4-8-14)21-18(23)24-13-15-9-5-2-6-10-15/h1-10,16H,11-13H2/p+1. The molecule has 0 heterocycles. The summed E-state index contributed by atoms with van der Waals surface area (Å²) in [5, 5.41) is 11.1. The van der Waals surface area contributed by atoms with Gasteiger partial charge in [0.15, 0.2) is 0 Å². The number of Topliss-reactive ketones (excluding diaryl/α,β-unsaturated/α-hetero) is 1. The van der Waals surface area contributed by atoms with Crippen LogP contribution in [0.3, 0.4) is 0 Å². The van der Waals surface area contributed by atoms with Crippen LogP contribution in [0.4, 0.5) is 4.79 Å². The molecule has 2 aromatic carbocycles. The first-order valence-corrected chi connectivity index (χ1v) is 7.53. The summed E-state index contributed by atoms with van der Waals surface area (Å²) in [5.41, 5.74) is 1.74. The lowest BCUT2D eigenvalue weighted by atomic mass is 10.0. The summed E-state index contributed by atoms with van der Waals surface area (Å²) in [5.74, 6) is -0.391. The highest BCUT2D eigenvalue weighted by molar-refractivity contribution is 5.90. The molecular formula is C18H18N3O3+. The van der Waals surface area contributed by atoms with Crippen molar-refractivity contribution in [1.82, 2.24) is 5.32 Å². The fourth-order valence-corrected chi connectivity index (χ4v) is 2.18. The van der Waals surface area contributed by atoms with E-state index in [1.807, 2.05) is 60.7 Å². The highest BCUT2D eigenvalue weighted by atomic mass is 16.5. The Kier molecular flexibility index (Phi) is 6.47. The van der Waals surface area contributed by atoms with Gasteiger partial charge in [-0.2, -0.15) is 0 Å². The highest BCUT2D eigenvalue weighted by Gasteiger charge is 2.25. The van der Waals surface area contributed by atoms with E-state index in [-0.39, 0.29) is 13.2 Å². The molecule has 0 aliphatic rings. The van der Waals surface area contributed by atoms with Crippen molar-refractivity contribution >= 4 is 11.9 Å². The first kappa shape index (κ1) is 17.2. The maximum absolute atomic E-state index is 12.0. The smallest absolute Gasteiger partial charge is 0.408 e. The molecule has 1 amide bonds. The van der Waals surface area contributed by atoms with Gasteiger partial charge in [0.2, 0.25) is 11.2 Å². The average Bonchev–Trinajstić information content (AvgIpc) is 2.61. The lowest BCUT2D eigenvalue weighted by Crippen LogP contribution is -2.43. The molecule has 0 radical (unpaired) electrons. The Hall–Kier alpha value is -3.20. The van der Waals surface area contributed by atoms with Crippen molar-refractivity contribution in [2.75, 3.05) is 6.54 Å². The summed E-state index contributed by atoms with van der Waals surface area (Å²) in [6, 6.07) is 17.7. The number of nitrogens with one attached hydrogen (secondary N) is 1. The van der Waals surface area contributed by atoms with Crippen molar-refractivity contribution in [3.8, 4) is 0 Å². The molecule has 1 N–H and O–H groups in total. The summed E-state index contributed by atoms with van der Waals surface area (Å²) >= 11 is 0. The molecule has 0 aliphatic carbocycles. The fraction of sp³-hybridized carbons (Fsp3) is 0.222. The Morgan fingerprint density at radius 3 is 2.17 bits per heavy atom. The average molecular weight is 324 g/mol. The Morgan fingerprint density at radius 1 is 1.00 bits per heavy atom. The van der Waals surface area contributed by atoms with E-state index in [4.69, 9.17) is 10.1 Å². The molecule has 0 saturated carbocycles. The van der Waals surface area contributed by atoms with Crippen LogP contribution in [0.5, 0.6) is 0 Å². The lowest BCUT2D eigenvalue weighted by Gasteiger charge is -2.15. The van der Waals surface area contributed by atoms with E-state index in [2.05, 4.69) is 10.3 Å². The highest BCUT2D eigenvalue weighted by Crippen LogP contribution is 2.06. The predicted octanol–water partition coefficient (Wildman–Crippen LogP) is 2.95. The molecule has 24 heavy (non-hydrogen) atoms. The van der Waals surface area contributed by atoms with Crippen molar-refractivity contribution in [1.29, 1.82) is 5.39 Å². The van der Waals surface area contributed by atoms with E-state index < -0.39 is 17.9 Å². The zero-order valence-corrected chi connectivity index (χ0v) is 13.1. The van der Waals surface area contributed by atoms with E-state index in [0.717, 1.165) is 11.1 Å². The molecule has 0 spiro atoms.